The number of aryl methyl sites for hydroxylation is 1. The number of fused-ring (bicyclic) bond motifs is 1. The normalized spacial score (nSPS) is 14.5. The molecule has 35 heavy (non-hydrogen) atoms. The van der Waals surface area contributed by atoms with Gasteiger partial charge in [-0.25, -0.2) is 22.8 Å². The Morgan fingerprint density at radius 2 is 1.91 bits per heavy atom. The van der Waals surface area contributed by atoms with Crippen molar-refractivity contribution in [3.63, 3.8) is 0 Å². The summed E-state index contributed by atoms with van der Waals surface area (Å²) in [5.74, 6) is -0.761. The Morgan fingerprint density at radius 3 is 2.69 bits per heavy atom. The van der Waals surface area contributed by atoms with Crippen molar-refractivity contribution in [3.8, 4) is 0 Å². The third-order valence-electron chi connectivity index (χ3n) is 6.42. The van der Waals surface area contributed by atoms with Crippen LogP contribution in [0.1, 0.15) is 53.2 Å². The molecule has 1 saturated carbocycles. The van der Waals surface area contributed by atoms with E-state index in [-0.39, 0.29) is 33.8 Å². The zero-order chi connectivity index (χ0) is 24.7. The molecule has 0 radical (unpaired) electrons. The second-order valence-electron chi connectivity index (χ2n) is 8.77. The summed E-state index contributed by atoms with van der Waals surface area (Å²) < 4.78 is 43.9. The first-order chi connectivity index (χ1) is 16.7. The Kier molecular flexibility index (Phi) is 5.76. The monoisotopic (exact) mass is 493 g/mol. The molecule has 0 bridgehead atoms. The van der Waals surface area contributed by atoms with Gasteiger partial charge in [0.2, 0.25) is 0 Å². The van der Waals surface area contributed by atoms with Gasteiger partial charge in [0, 0.05) is 23.5 Å². The summed E-state index contributed by atoms with van der Waals surface area (Å²) in [4.78, 5) is 21.9. The van der Waals surface area contributed by atoms with E-state index in [0.717, 1.165) is 31.7 Å². The predicted octanol–water partition coefficient (Wildman–Crippen LogP) is 4.61. The molecule has 2 aromatic heterocycles. The van der Waals surface area contributed by atoms with E-state index in [1.807, 2.05) is 4.57 Å². The topological polar surface area (TPSA) is 120 Å². The number of nitrogen functional groups attached to an aromatic ring is 1. The number of ketones is 1. The molecule has 1 aliphatic carbocycles. The van der Waals surface area contributed by atoms with Crippen molar-refractivity contribution in [2.75, 3.05) is 10.5 Å². The van der Waals surface area contributed by atoms with Crippen LogP contribution in [-0.4, -0.2) is 28.7 Å². The molecule has 4 aromatic rings. The van der Waals surface area contributed by atoms with Gasteiger partial charge >= 0.3 is 0 Å². The van der Waals surface area contributed by atoms with Crippen LogP contribution in [0.2, 0.25) is 0 Å². The number of nitrogens with zero attached hydrogens (tertiary/aromatic N) is 3. The number of carbonyl (C=O) groups is 1. The van der Waals surface area contributed by atoms with Crippen molar-refractivity contribution in [1.29, 1.82) is 0 Å². The molecule has 1 fully saturated rings. The average molecular weight is 494 g/mol. The van der Waals surface area contributed by atoms with Crippen LogP contribution in [-0.2, 0) is 10.0 Å². The van der Waals surface area contributed by atoms with E-state index in [0.29, 0.717) is 22.2 Å². The molecule has 1 aliphatic rings. The number of benzene rings is 2. The second kappa shape index (κ2) is 8.77. The molecular formula is C25H24FN5O3S. The van der Waals surface area contributed by atoms with Gasteiger partial charge < -0.3 is 10.3 Å². The number of sulfonamides is 1. The quantitative estimate of drug-likeness (QED) is 0.379. The van der Waals surface area contributed by atoms with Crippen LogP contribution in [0.25, 0.3) is 11.0 Å². The van der Waals surface area contributed by atoms with Crippen molar-refractivity contribution >= 4 is 38.3 Å². The Labute approximate surface area is 202 Å². The van der Waals surface area contributed by atoms with Gasteiger partial charge in [-0.3, -0.25) is 9.52 Å². The third kappa shape index (κ3) is 4.25. The minimum Gasteiger partial charge on any atom is -0.383 e. The van der Waals surface area contributed by atoms with Crippen LogP contribution in [0.15, 0.2) is 59.9 Å². The van der Waals surface area contributed by atoms with Gasteiger partial charge in [-0.1, -0.05) is 31.0 Å². The summed E-state index contributed by atoms with van der Waals surface area (Å²) in [5, 5.41) is 0.491. The molecule has 0 saturated heterocycles. The van der Waals surface area contributed by atoms with Gasteiger partial charge in [-0.15, -0.1) is 0 Å². The maximum Gasteiger partial charge on any atom is 0.262 e. The lowest BCUT2D eigenvalue weighted by molar-refractivity contribution is 0.104. The lowest BCUT2D eigenvalue weighted by atomic mass is 10.0. The molecule has 2 heterocycles. The third-order valence-corrected chi connectivity index (χ3v) is 7.94. The molecule has 0 atom stereocenters. The summed E-state index contributed by atoms with van der Waals surface area (Å²) in [6.45, 7) is 1.58. The van der Waals surface area contributed by atoms with Crippen LogP contribution < -0.4 is 10.5 Å². The molecule has 0 spiro atoms. The highest BCUT2D eigenvalue weighted by molar-refractivity contribution is 7.92. The largest absolute Gasteiger partial charge is 0.383 e. The Bertz CT molecular complexity index is 1560. The van der Waals surface area contributed by atoms with E-state index in [2.05, 4.69) is 14.7 Å². The van der Waals surface area contributed by atoms with E-state index in [1.54, 1.807) is 25.3 Å². The maximum absolute atomic E-state index is 13.7. The minimum absolute atomic E-state index is 0.168. The highest BCUT2D eigenvalue weighted by atomic mass is 32.2. The van der Waals surface area contributed by atoms with Gasteiger partial charge in [0.25, 0.3) is 10.0 Å². The minimum atomic E-state index is -4.07. The molecule has 0 aliphatic heterocycles. The van der Waals surface area contributed by atoms with Crippen molar-refractivity contribution < 1.29 is 17.6 Å². The first-order valence-corrected chi connectivity index (χ1v) is 12.8. The lowest BCUT2D eigenvalue weighted by Crippen LogP contribution is -2.15. The standard InChI is InChI=1S/C25H24FN5O3S/c1-15-9-10-17(26)12-21(15)35(33,34)30-18-6-4-5-16(11-18)23(32)20-13-31(19-7-2-3-8-19)25-22(20)24(27)28-14-29-25/h4-6,9-14,19,30H,2-3,7-8H2,1H3,(H2,27,28,29). The number of carbonyl (C=O) groups excluding carboxylic acids is 1. The fourth-order valence-electron chi connectivity index (χ4n) is 4.69. The fraction of sp³-hybridized carbons (Fsp3) is 0.240. The molecule has 180 valence electrons. The van der Waals surface area contributed by atoms with Gasteiger partial charge in [0.1, 0.15) is 23.6 Å². The smallest absolute Gasteiger partial charge is 0.262 e. The summed E-state index contributed by atoms with van der Waals surface area (Å²) in [5.41, 5.74) is 7.99. The van der Waals surface area contributed by atoms with Crippen molar-refractivity contribution in [2.45, 2.75) is 43.5 Å². The zero-order valence-corrected chi connectivity index (χ0v) is 19.8. The lowest BCUT2D eigenvalue weighted by Gasteiger charge is -2.12. The SMILES string of the molecule is Cc1ccc(F)cc1S(=O)(=O)Nc1cccc(C(=O)c2cn(C3CCCC3)c3ncnc(N)c23)c1. The highest BCUT2D eigenvalue weighted by Crippen LogP contribution is 2.35. The van der Waals surface area contributed by atoms with Crippen molar-refractivity contribution in [1.82, 2.24) is 14.5 Å². The van der Waals surface area contributed by atoms with Crippen LogP contribution in [0.5, 0.6) is 0 Å². The zero-order valence-electron chi connectivity index (χ0n) is 19.0. The summed E-state index contributed by atoms with van der Waals surface area (Å²) in [7, 11) is -4.07. The first kappa shape index (κ1) is 23.0. The Hall–Kier alpha value is -3.79. The molecule has 0 unspecified atom stereocenters. The van der Waals surface area contributed by atoms with Crippen LogP contribution >= 0.6 is 0 Å². The number of halogens is 1. The highest BCUT2D eigenvalue weighted by Gasteiger charge is 2.26. The number of anilines is 2. The fourth-order valence-corrected chi connectivity index (χ4v) is 6.00. The van der Waals surface area contributed by atoms with Crippen LogP contribution in [0.3, 0.4) is 0 Å². The van der Waals surface area contributed by atoms with Gasteiger partial charge in [-0.05, 0) is 49.6 Å². The van der Waals surface area contributed by atoms with E-state index < -0.39 is 15.8 Å². The van der Waals surface area contributed by atoms with Gasteiger partial charge in [0.15, 0.2) is 5.78 Å². The molecule has 5 rings (SSSR count). The number of hydrogen-bond acceptors (Lipinski definition) is 6. The van der Waals surface area contributed by atoms with Gasteiger partial charge in [0.05, 0.1) is 15.8 Å². The molecule has 10 heteroatoms. The Morgan fingerprint density at radius 1 is 1.14 bits per heavy atom. The maximum atomic E-state index is 13.7. The van der Waals surface area contributed by atoms with Crippen molar-refractivity contribution in [3.05, 3.63) is 77.5 Å². The van der Waals surface area contributed by atoms with Crippen molar-refractivity contribution in [2.24, 2.45) is 0 Å². The number of nitrogens with one attached hydrogen (secondary N) is 1. The summed E-state index contributed by atoms with van der Waals surface area (Å²) >= 11 is 0. The van der Waals surface area contributed by atoms with E-state index in [9.17, 15) is 17.6 Å². The van der Waals surface area contributed by atoms with E-state index in [1.165, 1.54) is 30.6 Å². The molecule has 3 N–H and O–H groups in total. The second-order valence-corrected chi connectivity index (χ2v) is 10.4. The molecule has 0 amide bonds. The first-order valence-electron chi connectivity index (χ1n) is 11.3. The number of rotatable bonds is 6. The molecular weight excluding hydrogens is 469 g/mol. The Balaban J connectivity index is 1.52. The number of hydrogen-bond donors (Lipinski definition) is 2. The van der Waals surface area contributed by atoms with Gasteiger partial charge in [-0.2, -0.15) is 0 Å². The summed E-state index contributed by atoms with van der Waals surface area (Å²) in [6, 6.07) is 9.97. The van der Waals surface area contributed by atoms with E-state index >= 15 is 0 Å². The summed E-state index contributed by atoms with van der Waals surface area (Å²) in [6.07, 6.45) is 7.39. The van der Waals surface area contributed by atoms with Crippen LogP contribution in [0, 0.1) is 12.7 Å². The van der Waals surface area contributed by atoms with Crippen LogP contribution in [0.4, 0.5) is 15.9 Å². The number of nitrogens with two attached hydrogens (primary N) is 1. The molecule has 8 nitrogen and oxygen atoms in total. The average Bonchev–Trinajstić information content (AvgIpc) is 3.49. The van der Waals surface area contributed by atoms with E-state index in [4.69, 9.17) is 5.73 Å². The number of aromatic nitrogens is 3. The molecule has 2 aromatic carbocycles. The predicted molar refractivity (Wildman–Crippen MR) is 131 cm³/mol.